The largest absolute Gasteiger partial charge is 0.497 e. The van der Waals surface area contributed by atoms with Gasteiger partial charge in [0, 0.05) is 11.3 Å². The molecule has 0 spiro atoms. The molecular formula is C20H20FNO5S. The van der Waals surface area contributed by atoms with Crippen molar-refractivity contribution in [3.63, 3.8) is 0 Å². The van der Waals surface area contributed by atoms with Crippen LogP contribution < -0.4 is 10.1 Å². The molecule has 0 fully saturated rings. The van der Waals surface area contributed by atoms with Gasteiger partial charge in [-0.1, -0.05) is 0 Å². The molecule has 0 saturated carbocycles. The lowest BCUT2D eigenvalue weighted by molar-refractivity contribution is -0.143. The second kappa shape index (κ2) is 10.5. The van der Waals surface area contributed by atoms with Crippen molar-refractivity contribution in [3.05, 3.63) is 59.9 Å². The minimum Gasteiger partial charge on any atom is -0.497 e. The number of rotatable bonds is 9. The van der Waals surface area contributed by atoms with Crippen LogP contribution in [-0.4, -0.2) is 42.4 Å². The number of carbonyl (C=O) groups excluding carboxylic acids is 3. The summed E-state index contributed by atoms with van der Waals surface area (Å²) in [5.74, 6) is -1.06. The topological polar surface area (TPSA) is 81.7 Å². The average molecular weight is 405 g/mol. The highest BCUT2D eigenvalue weighted by Gasteiger charge is 2.19. The summed E-state index contributed by atoms with van der Waals surface area (Å²) in [6.45, 7) is 1.50. The molecule has 1 atom stereocenters. The predicted molar refractivity (Wildman–Crippen MR) is 105 cm³/mol. The Morgan fingerprint density at radius 1 is 1.04 bits per heavy atom. The first-order valence-corrected chi connectivity index (χ1v) is 9.55. The molecule has 2 aromatic rings. The van der Waals surface area contributed by atoms with Gasteiger partial charge >= 0.3 is 5.97 Å². The van der Waals surface area contributed by atoms with E-state index in [4.69, 9.17) is 9.47 Å². The van der Waals surface area contributed by atoms with Gasteiger partial charge in [-0.05, 0) is 55.5 Å². The molecule has 0 aliphatic rings. The minimum atomic E-state index is -0.936. The normalized spacial score (nSPS) is 11.4. The predicted octanol–water partition coefficient (Wildman–Crippen LogP) is 3.32. The summed E-state index contributed by atoms with van der Waals surface area (Å²) >= 11 is 1.06. The van der Waals surface area contributed by atoms with Gasteiger partial charge < -0.3 is 14.8 Å². The van der Waals surface area contributed by atoms with E-state index in [1.54, 1.807) is 24.3 Å². The highest BCUT2D eigenvalue weighted by atomic mass is 32.2. The van der Waals surface area contributed by atoms with Gasteiger partial charge in [-0.15, -0.1) is 11.8 Å². The van der Waals surface area contributed by atoms with Gasteiger partial charge in [-0.3, -0.25) is 14.4 Å². The third-order valence-electron chi connectivity index (χ3n) is 3.63. The van der Waals surface area contributed by atoms with Crippen LogP contribution in [0.4, 0.5) is 10.1 Å². The van der Waals surface area contributed by atoms with E-state index in [0.29, 0.717) is 17.0 Å². The van der Waals surface area contributed by atoms with E-state index in [1.807, 2.05) is 0 Å². The van der Waals surface area contributed by atoms with Crippen LogP contribution in [0.3, 0.4) is 0 Å². The number of nitrogens with one attached hydrogen (secondary N) is 1. The number of ketones is 1. The van der Waals surface area contributed by atoms with E-state index in [2.05, 4.69) is 5.32 Å². The van der Waals surface area contributed by atoms with Crippen molar-refractivity contribution in [2.45, 2.75) is 13.0 Å². The van der Waals surface area contributed by atoms with Gasteiger partial charge in [0.1, 0.15) is 11.6 Å². The molecule has 0 saturated heterocycles. The Morgan fingerprint density at radius 3 is 2.29 bits per heavy atom. The summed E-state index contributed by atoms with van der Waals surface area (Å²) in [5.41, 5.74) is 0.876. The standard InChI is InChI=1S/C20H20FNO5S/c1-13(20(25)14-3-9-17(26-2)10-4-14)27-19(24)12-28-11-18(23)22-16-7-5-15(21)6-8-16/h3-10,13H,11-12H2,1-2H3,(H,22,23)/t13-/m1/s1. The van der Waals surface area contributed by atoms with Crippen molar-refractivity contribution in [3.8, 4) is 5.75 Å². The van der Waals surface area contributed by atoms with Crippen molar-refractivity contribution in [1.82, 2.24) is 0 Å². The van der Waals surface area contributed by atoms with Gasteiger partial charge in [-0.25, -0.2) is 4.39 Å². The zero-order valence-corrected chi connectivity index (χ0v) is 16.3. The molecule has 1 amide bonds. The Kier molecular flexibility index (Phi) is 8.01. The molecule has 6 nitrogen and oxygen atoms in total. The van der Waals surface area contributed by atoms with Crippen LogP contribution in [0.15, 0.2) is 48.5 Å². The fourth-order valence-electron chi connectivity index (χ4n) is 2.23. The molecule has 0 aromatic heterocycles. The van der Waals surface area contributed by atoms with Crippen LogP contribution in [0.5, 0.6) is 5.75 Å². The molecule has 0 unspecified atom stereocenters. The average Bonchev–Trinajstić information content (AvgIpc) is 2.69. The molecule has 8 heteroatoms. The first-order chi connectivity index (χ1) is 13.4. The maximum absolute atomic E-state index is 12.8. The fraction of sp³-hybridized carbons (Fsp3) is 0.250. The van der Waals surface area contributed by atoms with Crippen molar-refractivity contribution < 1.29 is 28.2 Å². The molecule has 0 aliphatic heterocycles. The maximum atomic E-state index is 12.8. The van der Waals surface area contributed by atoms with E-state index in [-0.39, 0.29) is 23.2 Å². The molecule has 1 N–H and O–H groups in total. The van der Waals surface area contributed by atoms with Crippen LogP contribution in [0.25, 0.3) is 0 Å². The minimum absolute atomic E-state index is 0.0211. The molecular weight excluding hydrogens is 385 g/mol. The summed E-state index contributed by atoms with van der Waals surface area (Å²) in [7, 11) is 1.53. The third kappa shape index (κ3) is 6.70. The molecule has 2 rings (SSSR count). The maximum Gasteiger partial charge on any atom is 0.316 e. The number of hydrogen-bond acceptors (Lipinski definition) is 6. The summed E-state index contributed by atoms with van der Waals surface area (Å²) in [6, 6.07) is 11.9. The number of anilines is 1. The second-order valence-electron chi connectivity index (χ2n) is 5.77. The number of benzene rings is 2. The first-order valence-electron chi connectivity index (χ1n) is 8.40. The molecule has 148 valence electrons. The van der Waals surface area contributed by atoms with Crippen molar-refractivity contribution in [2.24, 2.45) is 0 Å². The van der Waals surface area contributed by atoms with Crippen LogP contribution in [0.2, 0.25) is 0 Å². The van der Waals surface area contributed by atoms with E-state index in [9.17, 15) is 18.8 Å². The number of ether oxygens (including phenoxy) is 2. The van der Waals surface area contributed by atoms with Gasteiger partial charge in [0.15, 0.2) is 6.10 Å². The first kappa shape index (κ1) is 21.4. The summed E-state index contributed by atoms with van der Waals surface area (Å²) in [4.78, 5) is 36.0. The van der Waals surface area contributed by atoms with Crippen LogP contribution >= 0.6 is 11.8 Å². The van der Waals surface area contributed by atoms with Gasteiger partial charge in [0.05, 0.1) is 18.6 Å². The SMILES string of the molecule is COc1ccc(C(=O)[C@@H](C)OC(=O)CSCC(=O)Nc2ccc(F)cc2)cc1. The van der Waals surface area contributed by atoms with Gasteiger partial charge in [-0.2, -0.15) is 0 Å². The molecule has 0 radical (unpaired) electrons. The van der Waals surface area contributed by atoms with Gasteiger partial charge in [0.25, 0.3) is 0 Å². The van der Waals surface area contributed by atoms with Crippen molar-refractivity contribution in [2.75, 3.05) is 23.9 Å². The lowest BCUT2D eigenvalue weighted by Gasteiger charge is -2.12. The van der Waals surface area contributed by atoms with Crippen LogP contribution in [-0.2, 0) is 14.3 Å². The number of thioether (sulfide) groups is 1. The van der Waals surface area contributed by atoms with E-state index < -0.39 is 17.9 Å². The van der Waals surface area contributed by atoms with Crippen molar-refractivity contribution in [1.29, 1.82) is 0 Å². The van der Waals surface area contributed by atoms with E-state index in [1.165, 1.54) is 38.3 Å². The summed E-state index contributed by atoms with van der Waals surface area (Å²) in [5, 5.41) is 2.59. The van der Waals surface area contributed by atoms with Crippen molar-refractivity contribution >= 4 is 35.1 Å². The van der Waals surface area contributed by atoms with Gasteiger partial charge in [0.2, 0.25) is 11.7 Å². The molecule has 28 heavy (non-hydrogen) atoms. The number of halogens is 1. The number of methoxy groups -OCH3 is 1. The second-order valence-corrected chi connectivity index (χ2v) is 6.76. The van der Waals surface area contributed by atoms with Crippen LogP contribution in [0, 0.1) is 5.82 Å². The Hall–Kier alpha value is -2.87. The lowest BCUT2D eigenvalue weighted by atomic mass is 10.1. The fourth-order valence-corrected chi connectivity index (χ4v) is 2.83. The van der Waals surface area contributed by atoms with E-state index >= 15 is 0 Å². The third-order valence-corrected chi connectivity index (χ3v) is 4.54. The summed E-state index contributed by atoms with van der Waals surface area (Å²) < 4.78 is 23.0. The number of esters is 1. The molecule has 2 aromatic carbocycles. The highest BCUT2D eigenvalue weighted by molar-refractivity contribution is 8.00. The molecule has 0 bridgehead atoms. The molecule has 0 aliphatic carbocycles. The zero-order valence-electron chi connectivity index (χ0n) is 15.4. The van der Waals surface area contributed by atoms with Crippen LogP contribution in [0.1, 0.15) is 17.3 Å². The summed E-state index contributed by atoms with van der Waals surface area (Å²) in [6.07, 6.45) is -0.936. The number of Topliss-reactive ketones (excluding diaryl/α,β-unsaturated/α-hetero) is 1. The quantitative estimate of drug-likeness (QED) is 0.509. The number of amides is 1. The number of hydrogen-bond donors (Lipinski definition) is 1. The monoisotopic (exact) mass is 405 g/mol. The Balaban J connectivity index is 1.72. The Labute approximate surface area is 166 Å². The molecule has 0 heterocycles. The number of carbonyl (C=O) groups is 3. The zero-order chi connectivity index (χ0) is 20.5. The smallest absolute Gasteiger partial charge is 0.316 e. The Bertz CT molecular complexity index is 823. The van der Waals surface area contributed by atoms with E-state index in [0.717, 1.165) is 11.8 Å². The highest BCUT2D eigenvalue weighted by Crippen LogP contribution is 2.14. The Morgan fingerprint density at radius 2 is 1.68 bits per heavy atom. The lowest BCUT2D eigenvalue weighted by Crippen LogP contribution is -2.25.